The quantitative estimate of drug-likeness (QED) is 0.923. The molecule has 0 spiro atoms. The Bertz CT molecular complexity index is 499. The van der Waals surface area contributed by atoms with E-state index < -0.39 is 6.04 Å². The number of nitrogens with two attached hydrogens (primary N) is 1. The van der Waals surface area contributed by atoms with Crippen LogP contribution in [0.2, 0.25) is 0 Å². The number of hydrogen-bond acceptors (Lipinski definition) is 3. The molecule has 0 saturated carbocycles. The molecule has 3 nitrogen and oxygen atoms in total. The highest BCUT2D eigenvalue weighted by Gasteiger charge is 2.48. The molecule has 1 fully saturated rings. The molecule has 0 aliphatic carbocycles. The molecule has 2 N–H and O–H groups in total. The van der Waals surface area contributed by atoms with Crippen molar-refractivity contribution < 1.29 is 13.9 Å². The summed E-state index contributed by atoms with van der Waals surface area (Å²) in [7, 11) is 1.52. The number of halogens is 1. The molecule has 2 unspecified atom stereocenters. The monoisotopic (exact) mass is 281 g/mol. The first-order valence-electron chi connectivity index (χ1n) is 6.95. The van der Waals surface area contributed by atoms with Crippen molar-refractivity contribution in [2.45, 2.75) is 51.4 Å². The van der Waals surface area contributed by atoms with E-state index in [1.54, 1.807) is 12.1 Å². The molecule has 4 heteroatoms. The van der Waals surface area contributed by atoms with Gasteiger partial charge in [-0.25, -0.2) is 4.39 Å². The van der Waals surface area contributed by atoms with Gasteiger partial charge in [-0.3, -0.25) is 0 Å². The summed E-state index contributed by atoms with van der Waals surface area (Å²) in [6, 6.07) is 4.44. The first-order valence-corrected chi connectivity index (χ1v) is 6.95. The zero-order valence-electron chi connectivity index (χ0n) is 12.9. The Morgan fingerprint density at radius 2 is 2.00 bits per heavy atom. The van der Waals surface area contributed by atoms with Crippen LogP contribution in [0.5, 0.6) is 5.75 Å². The van der Waals surface area contributed by atoms with Gasteiger partial charge in [0.05, 0.1) is 18.3 Å². The zero-order valence-corrected chi connectivity index (χ0v) is 12.9. The van der Waals surface area contributed by atoms with Gasteiger partial charge in [-0.15, -0.1) is 0 Å². The van der Waals surface area contributed by atoms with Crippen molar-refractivity contribution in [3.05, 3.63) is 29.6 Å². The van der Waals surface area contributed by atoms with Crippen LogP contribution in [0.15, 0.2) is 18.2 Å². The highest BCUT2D eigenvalue weighted by atomic mass is 19.1. The Hall–Kier alpha value is -1.13. The Kier molecular flexibility index (Phi) is 3.82. The van der Waals surface area contributed by atoms with Gasteiger partial charge in [0.1, 0.15) is 11.6 Å². The van der Waals surface area contributed by atoms with E-state index >= 15 is 0 Å². The fourth-order valence-electron chi connectivity index (χ4n) is 3.29. The minimum absolute atomic E-state index is 0.0698. The molecule has 2 rings (SSSR count). The number of methoxy groups -OCH3 is 1. The molecule has 0 bridgehead atoms. The molecule has 1 aliphatic heterocycles. The predicted molar refractivity (Wildman–Crippen MR) is 77.2 cm³/mol. The predicted octanol–water partition coefficient (Wildman–Crippen LogP) is 3.43. The summed E-state index contributed by atoms with van der Waals surface area (Å²) in [4.78, 5) is 0. The van der Waals surface area contributed by atoms with Crippen LogP contribution in [-0.2, 0) is 4.74 Å². The van der Waals surface area contributed by atoms with E-state index in [2.05, 4.69) is 0 Å². The minimum atomic E-state index is -0.391. The summed E-state index contributed by atoms with van der Waals surface area (Å²) >= 11 is 0. The molecule has 112 valence electrons. The molecular weight excluding hydrogens is 257 g/mol. The highest BCUT2D eigenvalue weighted by Crippen LogP contribution is 2.47. The average Bonchev–Trinajstić information content (AvgIpc) is 2.56. The third-order valence-electron chi connectivity index (χ3n) is 4.14. The van der Waals surface area contributed by atoms with Gasteiger partial charge in [-0.05, 0) is 40.2 Å². The van der Waals surface area contributed by atoms with Gasteiger partial charge in [0.25, 0.3) is 0 Å². The van der Waals surface area contributed by atoms with Crippen molar-refractivity contribution in [3.63, 3.8) is 0 Å². The SMILES string of the molecule is COc1ccc(C(N)C2CC(C)(C)OC2(C)C)c(F)c1. The number of benzene rings is 1. The second-order valence-electron chi connectivity index (χ2n) is 6.69. The van der Waals surface area contributed by atoms with E-state index in [1.165, 1.54) is 13.2 Å². The van der Waals surface area contributed by atoms with Crippen LogP contribution in [0.3, 0.4) is 0 Å². The Morgan fingerprint density at radius 1 is 1.35 bits per heavy atom. The normalized spacial score (nSPS) is 25.4. The largest absolute Gasteiger partial charge is 0.497 e. The number of ether oxygens (including phenoxy) is 2. The molecule has 0 aromatic heterocycles. The first kappa shape index (κ1) is 15.3. The third kappa shape index (κ3) is 2.81. The van der Waals surface area contributed by atoms with E-state index in [-0.39, 0.29) is 22.9 Å². The second-order valence-corrected chi connectivity index (χ2v) is 6.69. The lowest BCUT2D eigenvalue weighted by atomic mass is 9.79. The van der Waals surface area contributed by atoms with E-state index in [9.17, 15) is 4.39 Å². The standard InChI is InChI=1S/C16H24FNO2/c1-15(2)9-12(16(3,4)20-15)14(18)11-7-6-10(19-5)8-13(11)17/h6-8,12,14H,9,18H2,1-5H3. The molecule has 1 heterocycles. The van der Waals surface area contributed by atoms with Crippen LogP contribution >= 0.6 is 0 Å². The van der Waals surface area contributed by atoms with Crippen molar-refractivity contribution in [1.29, 1.82) is 0 Å². The number of hydrogen-bond donors (Lipinski definition) is 1. The molecule has 1 aromatic carbocycles. The van der Waals surface area contributed by atoms with Gasteiger partial charge in [0, 0.05) is 23.6 Å². The molecule has 0 radical (unpaired) electrons. The molecule has 0 amide bonds. The van der Waals surface area contributed by atoms with Gasteiger partial charge < -0.3 is 15.2 Å². The van der Waals surface area contributed by atoms with Crippen molar-refractivity contribution in [1.82, 2.24) is 0 Å². The summed E-state index contributed by atoms with van der Waals surface area (Å²) < 4.78 is 25.3. The maximum atomic E-state index is 14.2. The maximum absolute atomic E-state index is 14.2. The average molecular weight is 281 g/mol. The van der Waals surface area contributed by atoms with E-state index in [0.29, 0.717) is 11.3 Å². The number of rotatable bonds is 3. The molecular formula is C16H24FNO2. The molecule has 2 atom stereocenters. The lowest BCUT2D eigenvalue weighted by Crippen LogP contribution is -2.36. The van der Waals surface area contributed by atoms with Gasteiger partial charge in [0.15, 0.2) is 0 Å². The lowest BCUT2D eigenvalue weighted by Gasteiger charge is -2.31. The zero-order chi connectivity index (χ0) is 15.1. The van der Waals surface area contributed by atoms with Crippen molar-refractivity contribution in [2.24, 2.45) is 11.7 Å². The first-order chi connectivity index (χ1) is 9.16. The Balaban J connectivity index is 2.30. The molecule has 1 aliphatic rings. The van der Waals surface area contributed by atoms with E-state index in [1.807, 2.05) is 27.7 Å². The van der Waals surface area contributed by atoms with Gasteiger partial charge in [-0.1, -0.05) is 6.07 Å². The maximum Gasteiger partial charge on any atom is 0.131 e. The second kappa shape index (κ2) is 5.01. The van der Waals surface area contributed by atoms with Crippen LogP contribution in [0.4, 0.5) is 4.39 Å². The fourth-order valence-corrected chi connectivity index (χ4v) is 3.29. The van der Waals surface area contributed by atoms with Crippen molar-refractivity contribution in [3.8, 4) is 5.75 Å². The van der Waals surface area contributed by atoms with Crippen molar-refractivity contribution in [2.75, 3.05) is 7.11 Å². The summed E-state index contributed by atoms with van der Waals surface area (Å²) in [6.45, 7) is 8.14. The lowest BCUT2D eigenvalue weighted by molar-refractivity contribution is -0.0768. The Morgan fingerprint density at radius 3 is 2.45 bits per heavy atom. The fraction of sp³-hybridized carbons (Fsp3) is 0.625. The molecule has 20 heavy (non-hydrogen) atoms. The van der Waals surface area contributed by atoms with Crippen molar-refractivity contribution >= 4 is 0 Å². The van der Waals surface area contributed by atoms with Crippen LogP contribution in [0, 0.1) is 11.7 Å². The minimum Gasteiger partial charge on any atom is -0.497 e. The van der Waals surface area contributed by atoms with E-state index in [0.717, 1.165) is 6.42 Å². The molecule has 1 aromatic rings. The van der Waals surface area contributed by atoms with E-state index in [4.69, 9.17) is 15.2 Å². The summed E-state index contributed by atoms with van der Waals surface area (Å²) in [5.41, 5.74) is 6.25. The van der Waals surface area contributed by atoms with Gasteiger partial charge >= 0.3 is 0 Å². The summed E-state index contributed by atoms with van der Waals surface area (Å²) in [5.74, 6) is 0.249. The van der Waals surface area contributed by atoms with Crippen LogP contribution in [-0.4, -0.2) is 18.3 Å². The topological polar surface area (TPSA) is 44.5 Å². The van der Waals surface area contributed by atoms with Crippen LogP contribution in [0.1, 0.15) is 45.7 Å². The van der Waals surface area contributed by atoms with Crippen LogP contribution in [0.25, 0.3) is 0 Å². The molecule has 1 saturated heterocycles. The smallest absolute Gasteiger partial charge is 0.131 e. The van der Waals surface area contributed by atoms with Gasteiger partial charge in [0.2, 0.25) is 0 Å². The van der Waals surface area contributed by atoms with Gasteiger partial charge in [-0.2, -0.15) is 0 Å². The highest BCUT2D eigenvalue weighted by molar-refractivity contribution is 5.31. The van der Waals surface area contributed by atoms with Crippen LogP contribution < -0.4 is 10.5 Å². The third-order valence-corrected chi connectivity index (χ3v) is 4.14. The summed E-state index contributed by atoms with van der Waals surface area (Å²) in [5, 5.41) is 0. The Labute approximate surface area is 120 Å². The summed E-state index contributed by atoms with van der Waals surface area (Å²) in [6.07, 6.45) is 0.812.